The number of carbonyl (C=O) groups excluding carboxylic acids is 1. The number of rotatable bonds is 7. The lowest BCUT2D eigenvalue weighted by Crippen LogP contribution is -2.36. The second kappa shape index (κ2) is 7.90. The molecule has 0 aliphatic carbocycles. The van der Waals surface area contributed by atoms with Crippen molar-refractivity contribution in [2.24, 2.45) is 0 Å². The van der Waals surface area contributed by atoms with Crippen LogP contribution in [0.4, 0.5) is 0 Å². The van der Waals surface area contributed by atoms with Gasteiger partial charge in [-0.1, -0.05) is 19.4 Å². The van der Waals surface area contributed by atoms with E-state index in [1.807, 2.05) is 19.1 Å². The molecule has 112 valence electrons. The molecular weight excluding hydrogens is 254 g/mol. The molecule has 0 fully saturated rings. The lowest BCUT2D eigenvalue weighted by molar-refractivity contribution is -0.127. The van der Waals surface area contributed by atoms with Crippen LogP contribution in [0.2, 0.25) is 0 Å². The van der Waals surface area contributed by atoms with Gasteiger partial charge in [0.1, 0.15) is 5.75 Å². The van der Waals surface area contributed by atoms with Crippen LogP contribution in [-0.4, -0.2) is 23.7 Å². The standard InChI is InChI=1S/C16H25NO3/c1-5-6-9-17-16(19)13(4)20-15-8-7-14(12(3)18)10-11(15)2/h7-8,10,12-13,18H,5-6,9H2,1-4H3,(H,17,19)/t12-,13?/m1/s1. The van der Waals surface area contributed by atoms with Gasteiger partial charge in [0, 0.05) is 6.54 Å². The number of nitrogens with one attached hydrogen (secondary N) is 1. The van der Waals surface area contributed by atoms with E-state index in [0.717, 1.165) is 24.0 Å². The van der Waals surface area contributed by atoms with Gasteiger partial charge < -0.3 is 15.2 Å². The fraction of sp³-hybridized carbons (Fsp3) is 0.562. The van der Waals surface area contributed by atoms with Gasteiger partial charge in [-0.2, -0.15) is 0 Å². The molecule has 0 saturated carbocycles. The van der Waals surface area contributed by atoms with Crippen LogP contribution in [0.15, 0.2) is 18.2 Å². The van der Waals surface area contributed by atoms with Crippen molar-refractivity contribution in [3.8, 4) is 5.75 Å². The van der Waals surface area contributed by atoms with Crippen molar-refractivity contribution in [3.05, 3.63) is 29.3 Å². The minimum absolute atomic E-state index is 0.0996. The Hall–Kier alpha value is -1.55. The van der Waals surface area contributed by atoms with Crippen LogP contribution >= 0.6 is 0 Å². The third kappa shape index (κ3) is 4.85. The molecule has 1 aromatic carbocycles. The van der Waals surface area contributed by atoms with E-state index in [1.54, 1.807) is 19.9 Å². The Morgan fingerprint density at radius 3 is 2.65 bits per heavy atom. The van der Waals surface area contributed by atoms with Crippen LogP contribution in [0.25, 0.3) is 0 Å². The second-order valence-corrected chi connectivity index (χ2v) is 5.11. The SMILES string of the molecule is CCCCNC(=O)C(C)Oc1ccc([C@@H](C)O)cc1C. The first-order valence-corrected chi connectivity index (χ1v) is 7.18. The molecule has 1 amide bonds. The molecule has 1 rings (SSSR count). The molecule has 0 aliphatic rings. The Morgan fingerprint density at radius 2 is 2.10 bits per heavy atom. The summed E-state index contributed by atoms with van der Waals surface area (Å²) in [6, 6.07) is 5.49. The van der Waals surface area contributed by atoms with E-state index in [-0.39, 0.29) is 5.91 Å². The predicted molar refractivity (Wildman–Crippen MR) is 79.8 cm³/mol. The van der Waals surface area contributed by atoms with Gasteiger partial charge in [-0.15, -0.1) is 0 Å². The van der Waals surface area contributed by atoms with E-state index < -0.39 is 12.2 Å². The topological polar surface area (TPSA) is 58.6 Å². The summed E-state index contributed by atoms with van der Waals surface area (Å²) < 4.78 is 5.68. The molecule has 0 aliphatic heterocycles. The largest absolute Gasteiger partial charge is 0.481 e. The van der Waals surface area contributed by atoms with Crippen molar-refractivity contribution < 1.29 is 14.6 Å². The molecular formula is C16H25NO3. The first-order valence-electron chi connectivity index (χ1n) is 7.18. The summed E-state index contributed by atoms with van der Waals surface area (Å²) in [5.41, 5.74) is 1.76. The molecule has 0 radical (unpaired) electrons. The van der Waals surface area contributed by atoms with Crippen molar-refractivity contribution in [3.63, 3.8) is 0 Å². The number of aliphatic hydroxyl groups is 1. The third-order valence-corrected chi connectivity index (χ3v) is 3.18. The molecule has 1 unspecified atom stereocenters. The molecule has 2 N–H and O–H groups in total. The maximum Gasteiger partial charge on any atom is 0.260 e. The zero-order chi connectivity index (χ0) is 15.1. The maximum absolute atomic E-state index is 11.8. The van der Waals surface area contributed by atoms with Gasteiger partial charge in [-0.05, 0) is 50.5 Å². The van der Waals surface area contributed by atoms with Gasteiger partial charge in [0.15, 0.2) is 6.10 Å². The molecule has 4 nitrogen and oxygen atoms in total. The summed E-state index contributed by atoms with van der Waals surface area (Å²) in [6.07, 6.45) is 0.996. The number of amides is 1. The molecule has 0 bridgehead atoms. The minimum atomic E-state index is -0.525. The molecule has 0 heterocycles. The highest BCUT2D eigenvalue weighted by atomic mass is 16.5. The Kier molecular flexibility index (Phi) is 6.52. The van der Waals surface area contributed by atoms with Crippen LogP contribution in [-0.2, 0) is 4.79 Å². The average molecular weight is 279 g/mol. The van der Waals surface area contributed by atoms with E-state index in [0.29, 0.717) is 12.3 Å². The Morgan fingerprint density at radius 1 is 1.40 bits per heavy atom. The van der Waals surface area contributed by atoms with Gasteiger partial charge in [-0.3, -0.25) is 4.79 Å². The van der Waals surface area contributed by atoms with Crippen molar-refractivity contribution in [2.75, 3.05) is 6.54 Å². The van der Waals surface area contributed by atoms with Crippen molar-refractivity contribution >= 4 is 5.91 Å². The van der Waals surface area contributed by atoms with Gasteiger partial charge >= 0.3 is 0 Å². The molecule has 1 aromatic rings. The van der Waals surface area contributed by atoms with Gasteiger partial charge in [-0.25, -0.2) is 0 Å². The number of hydrogen-bond donors (Lipinski definition) is 2. The Balaban J connectivity index is 2.61. The number of benzene rings is 1. The van der Waals surface area contributed by atoms with Crippen LogP contribution in [0.1, 0.15) is 50.8 Å². The summed E-state index contributed by atoms with van der Waals surface area (Å²) in [5.74, 6) is 0.574. The molecule has 0 saturated heterocycles. The number of unbranched alkanes of at least 4 members (excludes halogenated alkanes) is 1. The van der Waals surface area contributed by atoms with Crippen LogP contribution in [0.3, 0.4) is 0 Å². The molecule has 2 atom stereocenters. The van der Waals surface area contributed by atoms with Crippen LogP contribution < -0.4 is 10.1 Å². The maximum atomic E-state index is 11.8. The predicted octanol–water partition coefficient (Wildman–Crippen LogP) is 2.73. The number of ether oxygens (including phenoxy) is 1. The van der Waals surface area contributed by atoms with Gasteiger partial charge in [0.25, 0.3) is 5.91 Å². The molecule has 4 heteroatoms. The van der Waals surface area contributed by atoms with Gasteiger partial charge in [0.2, 0.25) is 0 Å². The first-order chi connectivity index (χ1) is 9.45. The number of carbonyl (C=O) groups is 1. The number of hydrogen-bond acceptors (Lipinski definition) is 3. The zero-order valence-corrected chi connectivity index (χ0v) is 12.8. The van der Waals surface area contributed by atoms with Crippen molar-refractivity contribution in [2.45, 2.75) is 52.7 Å². The van der Waals surface area contributed by atoms with E-state index in [2.05, 4.69) is 12.2 Å². The number of aryl methyl sites for hydroxylation is 1. The highest BCUT2D eigenvalue weighted by Crippen LogP contribution is 2.23. The summed E-state index contributed by atoms with van der Waals surface area (Å²) in [7, 11) is 0. The van der Waals surface area contributed by atoms with Crippen LogP contribution in [0.5, 0.6) is 5.75 Å². The van der Waals surface area contributed by atoms with E-state index in [4.69, 9.17) is 4.74 Å². The molecule has 0 spiro atoms. The fourth-order valence-corrected chi connectivity index (χ4v) is 1.84. The van der Waals surface area contributed by atoms with E-state index in [1.165, 1.54) is 0 Å². The monoisotopic (exact) mass is 279 g/mol. The van der Waals surface area contributed by atoms with E-state index in [9.17, 15) is 9.90 Å². The lowest BCUT2D eigenvalue weighted by atomic mass is 10.1. The summed E-state index contributed by atoms with van der Waals surface area (Å²) in [5, 5.41) is 12.4. The second-order valence-electron chi connectivity index (χ2n) is 5.11. The molecule has 0 aromatic heterocycles. The van der Waals surface area contributed by atoms with Crippen molar-refractivity contribution in [1.82, 2.24) is 5.32 Å². The quantitative estimate of drug-likeness (QED) is 0.755. The Labute approximate surface area is 121 Å². The van der Waals surface area contributed by atoms with E-state index >= 15 is 0 Å². The summed E-state index contributed by atoms with van der Waals surface area (Å²) >= 11 is 0. The summed E-state index contributed by atoms with van der Waals surface area (Å²) in [4.78, 5) is 11.8. The highest BCUT2D eigenvalue weighted by molar-refractivity contribution is 5.80. The van der Waals surface area contributed by atoms with Crippen LogP contribution in [0, 0.1) is 6.92 Å². The third-order valence-electron chi connectivity index (χ3n) is 3.18. The Bertz CT molecular complexity index is 443. The fourth-order valence-electron chi connectivity index (χ4n) is 1.84. The smallest absolute Gasteiger partial charge is 0.260 e. The first kappa shape index (κ1) is 16.5. The minimum Gasteiger partial charge on any atom is -0.481 e. The average Bonchev–Trinajstić information content (AvgIpc) is 2.40. The number of aliphatic hydroxyl groups excluding tert-OH is 1. The molecule has 20 heavy (non-hydrogen) atoms. The highest BCUT2D eigenvalue weighted by Gasteiger charge is 2.15. The van der Waals surface area contributed by atoms with Gasteiger partial charge in [0.05, 0.1) is 6.10 Å². The lowest BCUT2D eigenvalue weighted by Gasteiger charge is -2.17. The summed E-state index contributed by atoms with van der Waals surface area (Å²) in [6.45, 7) is 8.13. The zero-order valence-electron chi connectivity index (χ0n) is 12.8. The normalized spacial score (nSPS) is 13.7. The van der Waals surface area contributed by atoms with Crippen molar-refractivity contribution in [1.29, 1.82) is 0 Å².